The molecule has 0 aliphatic heterocycles. The fourth-order valence-electron chi connectivity index (χ4n) is 1.11. The van der Waals surface area contributed by atoms with E-state index in [0.29, 0.717) is 4.73 Å². The Bertz CT molecular complexity index is 470. The number of nitrogens with zero attached hydrogens (tertiary/aromatic N) is 2. The van der Waals surface area contributed by atoms with E-state index < -0.39 is 5.82 Å². The molecule has 1 aromatic carbocycles. The van der Waals surface area contributed by atoms with Crippen LogP contribution < -0.4 is 0 Å². The normalized spacial score (nSPS) is 10.5. The van der Waals surface area contributed by atoms with Gasteiger partial charge in [-0.05, 0) is 34.1 Å². The molecular weight excluding hydrogens is 270 g/mol. The van der Waals surface area contributed by atoms with E-state index in [9.17, 15) is 4.39 Å². The second-order valence-corrected chi connectivity index (χ2v) is 3.78. The number of halogens is 3. The Morgan fingerprint density at radius 1 is 1.43 bits per heavy atom. The number of imidazole rings is 1. The SMILES string of the molecule is Fc1ccc(-n2ccnc2Br)cc1Cl. The maximum Gasteiger partial charge on any atom is 0.181 e. The molecule has 72 valence electrons. The maximum atomic E-state index is 12.9. The van der Waals surface area contributed by atoms with Crippen LogP contribution in [0, 0.1) is 5.82 Å². The highest BCUT2D eigenvalue weighted by molar-refractivity contribution is 9.10. The van der Waals surface area contributed by atoms with Crippen LogP contribution in [0.3, 0.4) is 0 Å². The Morgan fingerprint density at radius 2 is 2.21 bits per heavy atom. The molecule has 0 saturated heterocycles. The van der Waals surface area contributed by atoms with Gasteiger partial charge in [-0.25, -0.2) is 9.37 Å². The van der Waals surface area contributed by atoms with Gasteiger partial charge in [0, 0.05) is 18.1 Å². The smallest absolute Gasteiger partial charge is 0.181 e. The monoisotopic (exact) mass is 274 g/mol. The van der Waals surface area contributed by atoms with E-state index in [1.807, 2.05) is 0 Å². The van der Waals surface area contributed by atoms with Crippen LogP contribution in [0.25, 0.3) is 5.69 Å². The molecule has 0 unspecified atom stereocenters. The van der Waals surface area contributed by atoms with Crippen molar-refractivity contribution in [1.29, 1.82) is 0 Å². The van der Waals surface area contributed by atoms with Gasteiger partial charge in [0.25, 0.3) is 0 Å². The van der Waals surface area contributed by atoms with Crippen molar-refractivity contribution in [2.24, 2.45) is 0 Å². The lowest BCUT2D eigenvalue weighted by Crippen LogP contribution is -1.93. The van der Waals surface area contributed by atoms with Crippen LogP contribution in [0.1, 0.15) is 0 Å². The Kier molecular flexibility index (Phi) is 2.56. The van der Waals surface area contributed by atoms with E-state index >= 15 is 0 Å². The summed E-state index contributed by atoms with van der Waals surface area (Å²) >= 11 is 8.92. The van der Waals surface area contributed by atoms with Crippen molar-refractivity contribution in [3.8, 4) is 5.69 Å². The number of benzene rings is 1. The average molecular weight is 276 g/mol. The van der Waals surface area contributed by atoms with Gasteiger partial charge >= 0.3 is 0 Å². The Morgan fingerprint density at radius 3 is 2.79 bits per heavy atom. The lowest BCUT2D eigenvalue weighted by molar-refractivity contribution is 0.628. The molecule has 0 amide bonds. The molecule has 0 bridgehead atoms. The van der Waals surface area contributed by atoms with E-state index in [4.69, 9.17) is 11.6 Å². The van der Waals surface area contributed by atoms with Crippen LogP contribution in [0.5, 0.6) is 0 Å². The van der Waals surface area contributed by atoms with Crippen LogP contribution in [0.15, 0.2) is 35.3 Å². The van der Waals surface area contributed by atoms with Gasteiger partial charge in [-0.3, -0.25) is 4.57 Å². The maximum absolute atomic E-state index is 12.9. The van der Waals surface area contributed by atoms with Gasteiger partial charge in [0.15, 0.2) is 4.73 Å². The van der Waals surface area contributed by atoms with Crippen molar-refractivity contribution >= 4 is 27.5 Å². The summed E-state index contributed by atoms with van der Waals surface area (Å²) in [5.41, 5.74) is 0.765. The number of aromatic nitrogens is 2. The van der Waals surface area contributed by atoms with Crippen molar-refractivity contribution in [2.45, 2.75) is 0 Å². The first-order valence-corrected chi connectivity index (χ1v) is 5.00. The largest absolute Gasteiger partial charge is 0.294 e. The first-order valence-electron chi connectivity index (χ1n) is 3.83. The van der Waals surface area contributed by atoms with E-state index in [2.05, 4.69) is 20.9 Å². The Balaban J connectivity index is 2.53. The van der Waals surface area contributed by atoms with Crippen LogP contribution in [-0.4, -0.2) is 9.55 Å². The fraction of sp³-hybridized carbons (Fsp3) is 0. The molecule has 0 radical (unpaired) electrons. The van der Waals surface area contributed by atoms with Gasteiger partial charge < -0.3 is 0 Å². The average Bonchev–Trinajstić information content (AvgIpc) is 2.57. The second-order valence-electron chi connectivity index (χ2n) is 2.66. The van der Waals surface area contributed by atoms with Gasteiger partial charge in [-0.15, -0.1) is 0 Å². The minimum atomic E-state index is -0.424. The molecule has 0 saturated carbocycles. The lowest BCUT2D eigenvalue weighted by Gasteiger charge is -2.04. The molecule has 2 nitrogen and oxygen atoms in total. The molecular formula is C9H5BrClFN2. The van der Waals surface area contributed by atoms with Crippen molar-refractivity contribution in [2.75, 3.05) is 0 Å². The molecule has 0 aliphatic rings. The van der Waals surface area contributed by atoms with E-state index in [-0.39, 0.29) is 5.02 Å². The molecule has 2 aromatic rings. The van der Waals surface area contributed by atoms with Crippen LogP contribution in [0.4, 0.5) is 4.39 Å². The Labute approximate surface area is 93.5 Å². The summed E-state index contributed by atoms with van der Waals surface area (Å²) in [6.45, 7) is 0. The third-order valence-electron chi connectivity index (χ3n) is 1.78. The molecule has 1 heterocycles. The fourth-order valence-corrected chi connectivity index (χ4v) is 1.73. The summed E-state index contributed by atoms with van der Waals surface area (Å²) in [6.07, 6.45) is 3.40. The van der Waals surface area contributed by atoms with Crippen LogP contribution >= 0.6 is 27.5 Å². The number of hydrogen-bond acceptors (Lipinski definition) is 1. The van der Waals surface area contributed by atoms with Crippen molar-refractivity contribution in [3.05, 3.63) is 46.2 Å². The predicted octanol–water partition coefficient (Wildman–Crippen LogP) is 3.43. The van der Waals surface area contributed by atoms with Crippen molar-refractivity contribution in [3.63, 3.8) is 0 Å². The molecule has 5 heteroatoms. The molecule has 0 aliphatic carbocycles. The molecule has 0 fully saturated rings. The summed E-state index contributed by atoms with van der Waals surface area (Å²) in [4.78, 5) is 3.99. The highest BCUT2D eigenvalue weighted by Gasteiger charge is 2.04. The quantitative estimate of drug-likeness (QED) is 0.780. The van der Waals surface area contributed by atoms with Gasteiger partial charge in [-0.2, -0.15) is 0 Å². The zero-order chi connectivity index (χ0) is 10.1. The standard InChI is InChI=1S/C9H5BrClFN2/c10-9-13-3-4-14(9)6-1-2-8(12)7(11)5-6/h1-5H. The van der Waals surface area contributed by atoms with Crippen LogP contribution in [-0.2, 0) is 0 Å². The number of rotatable bonds is 1. The van der Waals surface area contributed by atoms with E-state index in [1.165, 1.54) is 6.07 Å². The van der Waals surface area contributed by atoms with Crippen molar-refractivity contribution in [1.82, 2.24) is 9.55 Å². The highest BCUT2D eigenvalue weighted by Crippen LogP contribution is 2.21. The summed E-state index contributed by atoms with van der Waals surface area (Å²) in [6, 6.07) is 4.50. The molecule has 2 rings (SSSR count). The summed E-state index contributed by atoms with van der Waals surface area (Å²) in [5, 5.41) is 0.100. The Hall–Kier alpha value is -0.870. The second kappa shape index (κ2) is 3.71. The van der Waals surface area contributed by atoms with Crippen LogP contribution in [0.2, 0.25) is 5.02 Å². The predicted molar refractivity (Wildman–Crippen MR) is 56.2 cm³/mol. The third kappa shape index (κ3) is 1.67. The first kappa shape index (κ1) is 9.68. The molecule has 0 atom stereocenters. The van der Waals surface area contributed by atoms with Gasteiger partial charge in [0.2, 0.25) is 0 Å². The highest BCUT2D eigenvalue weighted by atomic mass is 79.9. The molecule has 14 heavy (non-hydrogen) atoms. The van der Waals surface area contributed by atoms with Gasteiger partial charge in [0.05, 0.1) is 5.02 Å². The van der Waals surface area contributed by atoms with Crippen molar-refractivity contribution < 1.29 is 4.39 Å². The molecule has 0 N–H and O–H groups in total. The zero-order valence-electron chi connectivity index (χ0n) is 6.92. The lowest BCUT2D eigenvalue weighted by atomic mass is 10.3. The third-order valence-corrected chi connectivity index (χ3v) is 2.65. The molecule has 1 aromatic heterocycles. The summed E-state index contributed by atoms with van der Waals surface area (Å²) in [5.74, 6) is -0.424. The first-order chi connectivity index (χ1) is 6.68. The van der Waals surface area contributed by atoms with E-state index in [0.717, 1.165) is 5.69 Å². The minimum Gasteiger partial charge on any atom is -0.294 e. The van der Waals surface area contributed by atoms with Gasteiger partial charge in [-0.1, -0.05) is 11.6 Å². The minimum absolute atomic E-state index is 0.100. The zero-order valence-corrected chi connectivity index (χ0v) is 9.26. The van der Waals surface area contributed by atoms with Gasteiger partial charge in [0.1, 0.15) is 5.82 Å². The molecule has 0 spiro atoms. The van der Waals surface area contributed by atoms with E-state index in [1.54, 1.807) is 29.1 Å². The summed E-state index contributed by atoms with van der Waals surface area (Å²) < 4.78 is 15.3. The topological polar surface area (TPSA) is 17.8 Å². The summed E-state index contributed by atoms with van der Waals surface area (Å²) in [7, 11) is 0. The number of hydrogen-bond donors (Lipinski definition) is 0.